The minimum atomic E-state index is -0.773. The van der Waals surface area contributed by atoms with Crippen LogP contribution in [0.1, 0.15) is 26.2 Å². The lowest BCUT2D eigenvalue weighted by Crippen LogP contribution is -2.02. The van der Waals surface area contributed by atoms with Crippen molar-refractivity contribution in [1.29, 1.82) is 0 Å². The number of hydrogen-bond acceptors (Lipinski definition) is 3. The second kappa shape index (κ2) is 9.21. The lowest BCUT2D eigenvalue weighted by molar-refractivity contribution is -0.137. The fraction of sp³-hybridized carbons (Fsp3) is 0.600. The molecule has 0 saturated carbocycles. The van der Waals surface area contributed by atoms with Gasteiger partial charge in [-0.25, -0.2) is 4.98 Å². The molecule has 0 aromatic carbocycles. The van der Waals surface area contributed by atoms with E-state index in [0.717, 1.165) is 6.54 Å². The number of carboxylic acids is 1. The van der Waals surface area contributed by atoms with Gasteiger partial charge < -0.3 is 15.4 Å². The standard InChI is InChI=1S/C6H10N2.C4H9NO2/c1-2-4-8-5-3-7-6-8;5-3-1-2-4(6)7/h3,5-6H,2,4H2,1H3;1-3,5H2,(H,6,7). The molecular formula is C10H19N3O2. The van der Waals surface area contributed by atoms with Crippen LogP contribution in [0.3, 0.4) is 0 Å². The van der Waals surface area contributed by atoms with Crippen molar-refractivity contribution in [1.82, 2.24) is 9.55 Å². The highest BCUT2D eigenvalue weighted by Gasteiger charge is 1.91. The highest BCUT2D eigenvalue weighted by Crippen LogP contribution is 1.87. The highest BCUT2D eigenvalue weighted by molar-refractivity contribution is 5.66. The number of hydrogen-bond donors (Lipinski definition) is 2. The number of aryl methyl sites for hydroxylation is 1. The Morgan fingerprint density at radius 1 is 1.60 bits per heavy atom. The molecule has 15 heavy (non-hydrogen) atoms. The van der Waals surface area contributed by atoms with E-state index in [1.165, 1.54) is 6.42 Å². The molecule has 5 heteroatoms. The number of rotatable bonds is 5. The molecular weight excluding hydrogens is 194 g/mol. The number of aliphatic carboxylic acids is 1. The Labute approximate surface area is 89.9 Å². The van der Waals surface area contributed by atoms with Gasteiger partial charge >= 0.3 is 5.97 Å². The molecule has 1 rings (SSSR count). The predicted octanol–water partition coefficient (Wildman–Crippen LogP) is 1.10. The van der Waals surface area contributed by atoms with Crippen LogP contribution in [0.2, 0.25) is 0 Å². The van der Waals surface area contributed by atoms with Gasteiger partial charge in [-0.3, -0.25) is 4.79 Å². The Kier molecular flexibility index (Phi) is 8.37. The van der Waals surface area contributed by atoms with Crippen LogP contribution in [-0.4, -0.2) is 27.2 Å². The van der Waals surface area contributed by atoms with Crippen molar-refractivity contribution < 1.29 is 9.90 Å². The number of imidazole rings is 1. The van der Waals surface area contributed by atoms with Crippen LogP contribution in [0.25, 0.3) is 0 Å². The molecule has 0 atom stereocenters. The van der Waals surface area contributed by atoms with Crippen molar-refractivity contribution in [2.45, 2.75) is 32.7 Å². The molecule has 0 fully saturated rings. The van der Waals surface area contributed by atoms with Gasteiger partial charge in [0.1, 0.15) is 0 Å². The fourth-order valence-electron chi connectivity index (χ4n) is 0.930. The molecule has 1 aromatic heterocycles. The van der Waals surface area contributed by atoms with E-state index in [1.807, 2.05) is 12.5 Å². The number of aromatic nitrogens is 2. The SMILES string of the molecule is CCCn1ccnc1.NCCCC(=O)O. The third-order valence-electron chi connectivity index (χ3n) is 1.64. The van der Waals surface area contributed by atoms with Gasteiger partial charge in [-0.15, -0.1) is 0 Å². The molecule has 0 aliphatic rings. The summed E-state index contributed by atoms with van der Waals surface area (Å²) in [5, 5.41) is 7.99. The lowest BCUT2D eigenvalue weighted by Gasteiger charge is -1.93. The third-order valence-corrected chi connectivity index (χ3v) is 1.64. The van der Waals surface area contributed by atoms with Crippen molar-refractivity contribution >= 4 is 5.97 Å². The molecule has 0 amide bonds. The summed E-state index contributed by atoms with van der Waals surface area (Å²) in [6.07, 6.45) is 7.56. The third kappa shape index (κ3) is 8.96. The monoisotopic (exact) mass is 213 g/mol. The van der Waals surface area contributed by atoms with E-state index in [9.17, 15) is 4.79 Å². The number of nitrogens with two attached hydrogens (primary N) is 1. The van der Waals surface area contributed by atoms with Crippen molar-refractivity contribution in [3.05, 3.63) is 18.7 Å². The van der Waals surface area contributed by atoms with Crippen LogP contribution in [0, 0.1) is 0 Å². The van der Waals surface area contributed by atoms with Crippen LogP contribution in [0.15, 0.2) is 18.7 Å². The second-order valence-electron chi connectivity index (χ2n) is 3.09. The lowest BCUT2D eigenvalue weighted by atomic mass is 10.3. The van der Waals surface area contributed by atoms with Crippen molar-refractivity contribution in [3.63, 3.8) is 0 Å². The topological polar surface area (TPSA) is 81.1 Å². The van der Waals surface area contributed by atoms with Crippen LogP contribution in [-0.2, 0) is 11.3 Å². The van der Waals surface area contributed by atoms with Gasteiger partial charge in [0.25, 0.3) is 0 Å². The van der Waals surface area contributed by atoms with Gasteiger partial charge in [0.15, 0.2) is 0 Å². The van der Waals surface area contributed by atoms with Crippen LogP contribution in [0.5, 0.6) is 0 Å². The van der Waals surface area contributed by atoms with Gasteiger partial charge in [0, 0.05) is 25.4 Å². The van der Waals surface area contributed by atoms with Crippen molar-refractivity contribution in [3.8, 4) is 0 Å². The first kappa shape index (κ1) is 13.6. The fourth-order valence-corrected chi connectivity index (χ4v) is 0.930. The number of nitrogens with zero attached hydrogens (tertiary/aromatic N) is 2. The molecule has 1 heterocycles. The Morgan fingerprint density at radius 2 is 2.33 bits per heavy atom. The van der Waals surface area contributed by atoms with Crippen molar-refractivity contribution in [2.24, 2.45) is 5.73 Å². The smallest absolute Gasteiger partial charge is 0.303 e. The van der Waals surface area contributed by atoms with Crippen LogP contribution < -0.4 is 5.73 Å². The van der Waals surface area contributed by atoms with Crippen LogP contribution >= 0.6 is 0 Å². The van der Waals surface area contributed by atoms with Gasteiger partial charge in [0.05, 0.1) is 6.33 Å². The maximum absolute atomic E-state index is 9.70. The maximum atomic E-state index is 9.70. The predicted molar refractivity (Wildman–Crippen MR) is 58.4 cm³/mol. The van der Waals surface area contributed by atoms with Crippen molar-refractivity contribution in [2.75, 3.05) is 6.54 Å². The molecule has 86 valence electrons. The maximum Gasteiger partial charge on any atom is 0.303 e. The first-order valence-corrected chi connectivity index (χ1v) is 5.08. The summed E-state index contributed by atoms with van der Waals surface area (Å²) < 4.78 is 2.07. The Bertz CT molecular complexity index is 247. The zero-order valence-electron chi connectivity index (χ0n) is 9.09. The molecule has 3 N–H and O–H groups in total. The van der Waals surface area contributed by atoms with E-state index in [-0.39, 0.29) is 6.42 Å². The van der Waals surface area contributed by atoms with Gasteiger partial charge in [-0.05, 0) is 19.4 Å². The molecule has 5 nitrogen and oxygen atoms in total. The summed E-state index contributed by atoms with van der Waals surface area (Å²) in [5.41, 5.74) is 5.01. The number of carbonyl (C=O) groups is 1. The zero-order chi connectivity index (χ0) is 11.5. The zero-order valence-corrected chi connectivity index (χ0v) is 9.09. The molecule has 0 saturated heterocycles. The Hall–Kier alpha value is -1.36. The average Bonchev–Trinajstić information content (AvgIpc) is 2.69. The molecule has 0 unspecified atom stereocenters. The van der Waals surface area contributed by atoms with E-state index in [2.05, 4.69) is 16.5 Å². The summed E-state index contributed by atoms with van der Waals surface area (Å²) in [7, 11) is 0. The van der Waals surface area contributed by atoms with E-state index in [1.54, 1.807) is 6.20 Å². The Morgan fingerprint density at radius 3 is 2.67 bits per heavy atom. The van der Waals surface area contributed by atoms with Crippen LogP contribution in [0.4, 0.5) is 0 Å². The number of carboxylic acid groups (broad SMARTS) is 1. The quantitative estimate of drug-likeness (QED) is 0.767. The van der Waals surface area contributed by atoms with E-state index < -0.39 is 5.97 Å². The molecule has 1 aromatic rings. The van der Waals surface area contributed by atoms with Gasteiger partial charge in [-0.2, -0.15) is 0 Å². The molecule has 0 bridgehead atoms. The summed E-state index contributed by atoms with van der Waals surface area (Å²) >= 11 is 0. The molecule has 0 radical (unpaired) electrons. The van der Waals surface area contributed by atoms with E-state index in [0.29, 0.717) is 13.0 Å². The van der Waals surface area contributed by atoms with E-state index >= 15 is 0 Å². The summed E-state index contributed by atoms with van der Waals surface area (Å²) in [6.45, 7) is 3.70. The summed E-state index contributed by atoms with van der Waals surface area (Å²) in [5.74, 6) is -0.773. The largest absolute Gasteiger partial charge is 0.481 e. The average molecular weight is 213 g/mol. The first-order chi connectivity index (χ1) is 7.20. The first-order valence-electron chi connectivity index (χ1n) is 5.08. The molecule has 0 spiro atoms. The second-order valence-corrected chi connectivity index (χ2v) is 3.09. The van der Waals surface area contributed by atoms with E-state index in [4.69, 9.17) is 10.8 Å². The minimum absolute atomic E-state index is 0.191. The summed E-state index contributed by atoms with van der Waals surface area (Å²) in [4.78, 5) is 13.6. The molecule has 0 aliphatic heterocycles. The minimum Gasteiger partial charge on any atom is -0.481 e. The normalized spacial score (nSPS) is 9.20. The van der Waals surface area contributed by atoms with Gasteiger partial charge in [0.2, 0.25) is 0 Å². The summed E-state index contributed by atoms with van der Waals surface area (Å²) in [6, 6.07) is 0. The Balaban J connectivity index is 0.000000265. The molecule has 0 aliphatic carbocycles. The highest BCUT2D eigenvalue weighted by atomic mass is 16.4. The van der Waals surface area contributed by atoms with Gasteiger partial charge in [-0.1, -0.05) is 6.92 Å².